The summed E-state index contributed by atoms with van der Waals surface area (Å²) in [6.07, 6.45) is 3.80. The van der Waals surface area contributed by atoms with Gasteiger partial charge < -0.3 is 29.0 Å². The number of carbonyl (C=O) groups excluding carboxylic acids is 1. The van der Waals surface area contributed by atoms with Crippen LogP contribution in [0.1, 0.15) is 38.3 Å². The first kappa shape index (κ1) is 30.7. The van der Waals surface area contributed by atoms with Gasteiger partial charge in [-0.15, -0.1) is 0 Å². The number of anilines is 1. The fourth-order valence-electron chi connectivity index (χ4n) is 5.42. The van der Waals surface area contributed by atoms with E-state index in [1.807, 2.05) is 80.1 Å². The van der Waals surface area contributed by atoms with E-state index in [-0.39, 0.29) is 17.7 Å². The van der Waals surface area contributed by atoms with Crippen molar-refractivity contribution in [2.24, 2.45) is 0 Å². The van der Waals surface area contributed by atoms with Crippen LogP contribution in [0.5, 0.6) is 17.2 Å². The van der Waals surface area contributed by atoms with Crippen LogP contribution in [0.4, 0.5) is 10.6 Å². The second-order valence-corrected chi connectivity index (χ2v) is 12.3. The monoisotopic (exact) mass is 622 g/mol. The maximum atomic E-state index is 13.0. The highest BCUT2D eigenvalue weighted by atomic mass is 16.6. The lowest BCUT2D eigenvalue weighted by Gasteiger charge is -2.24. The van der Waals surface area contributed by atoms with Crippen molar-refractivity contribution in [3.8, 4) is 17.2 Å². The van der Waals surface area contributed by atoms with Crippen molar-refractivity contribution < 1.29 is 19.0 Å². The van der Waals surface area contributed by atoms with Gasteiger partial charge in [-0.2, -0.15) is 5.10 Å². The highest BCUT2D eigenvalue weighted by molar-refractivity contribution is 5.93. The van der Waals surface area contributed by atoms with Crippen LogP contribution in [0.25, 0.3) is 11.0 Å². The van der Waals surface area contributed by atoms with Gasteiger partial charge in [0.25, 0.3) is 5.56 Å². The predicted octanol–water partition coefficient (Wildman–Crippen LogP) is 5.91. The summed E-state index contributed by atoms with van der Waals surface area (Å²) in [6, 6.07) is 22.6. The van der Waals surface area contributed by atoms with Crippen molar-refractivity contribution in [1.29, 1.82) is 0 Å². The first-order chi connectivity index (χ1) is 22.1. The van der Waals surface area contributed by atoms with Gasteiger partial charge in [-0.1, -0.05) is 42.5 Å². The molecular weight excluding hydrogens is 584 g/mol. The van der Waals surface area contributed by atoms with Crippen molar-refractivity contribution in [3.63, 3.8) is 0 Å². The lowest BCUT2D eigenvalue weighted by atomic mass is 10.2. The van der Waals surface area contributed by atoms with Gasteiger partial charge in [0.05, 0.1) is 20.2 Å². The number of pyridine rings is 2. The van der Waals surface area contributed by atoms with Crippen LogP contribution >= 0.6 is 0 Å². The molecule has 46 heavy (non-hydrogen) atoms. The number of ether oxygens (including phenoxy) is 3. The molecule has 11 heteroatoms. The van der Waals surface area contributed by atoms with Crippen molar-refractivity contribution in [2.45, 2.75) is 51.9 Å². The fourth-order valence-corrected chi connectivity index (χ4v) is 5.42. The molecule has 0 spiro atoms. The summed E-state index contributed by atoms with van der Waals surface area (Å²) in [7, 11) is 1.64. The zero-order valence-electron chi connectivity index (χ0n) is 26.5. The third-order valence-electron chi connectivity index (χ3n) is 7.66. The molecule has 1 amide bonds. The van der Waals surface area contributed by atoms with E-state index in [1.165, 1.54) is 6.07 Å². The normalized spacial score (nSPS) is 14.8. The highest BCUT2D eigenvalue weighted by Crippen LogP contribution is 2.35. The number of benzene rings is 2. The van der Waals surface area contributed by atoms with E-state index in [0.29, 0.717) is 54.5 Å². The zero-order chi connectivity index (χ0) is 32.3. The number of hydrogen-bond acceptors (Lipinski definition) is 8. The average Bonchev–Trinajstić information content (AvgIpc) is 3.64. The van der Waals surface area contributed by atoms with Crippen molar-refractivity contribution in [3.05, 3.63) is 107 Å². The third-order valence-corrected chi connectivity index (χ3v) is 7.66. The Morgan fingerprint density at radius 2 is 1.74 bits per heavy atom. The van der Waals surface area contributed by atoms with Crippen LogP contribution in [-0.4, -0.2) is 62.2 Å². The van der Waals surface area contributed by atoms with Crippen LogP contribution in [0.3, 0.4) is 0 Å². The number of fused-ring (bicyclic) bond motifs is 1. The van der Waals surface area contributed by atoms with Crippen molar-refractivity contribution in [1.82, 2.24) is 24.2 Å². The molecule has 1 atom stereocenters. The predicted molar refractivity (Wildman–Crippen MR) is 176 cm³/mol. The molecule has 0 bridgehead atoms. The number of carbonyl (C=O) groups is 1. The molecule has 238 valence electrons. The Morgan fingerprint density at radius 1 is 0.978 bits per heavy atom. The zero-order valence-corrected chi connectivity index (χ0v) is 26.5. The quantitative estimate of drug-likeness (QED) is 0.216. The van der Waals surface area contributed by atoms with Gasteiger partial charge in [0.15, 0.2) is 11.5 Å². The summed E-state index contributed by atoms with van der Waals surface area (Å²) in [4.78, 5) is 32.1. The summed E-state index contributed by atoms with van der Waals surface area (Å²) in [5, 5.41) is 9.16. The standard InChI is InChI=1S/C35H38N6O5/c1-35(2,3)46-34(43)40-18-15-26(23-40)37-32-31-29(45-28-16-19-39(30(42)20-28)21-24-8-6-5-7-9-24)14-17-36-33(31)41(38-32)22-25-10-12-27(44-4)13-11-25/h5-14,16-17,19-20,26H,15,18,21-23H2,1-4H3,(H,37,38). The van der Waals surface area contributed by atoms with Crippen LogP contribution in [0.2, 0.25) is 0 Å². The molecule has 1 unspecified atom stereocenters. The Kier molecular flexibility index (Phi) is 8.65. The molecule has 1 aliphatic rings. The average molecular weight is 623 g/mol. The molecule has 0 aliphatic carbocycles. The van der Waals surface area contributed by atoms with E-state index in [2.05, 4.69) is 10.3 Å². The van der Waals surface area contributed by atoms with E-state index in [9.17, 15) is 9.59 Å². The molecule has 11 nitrogen and oxygen atoms in total. The second-order valence-electron chi connectivity index (χ2n) is 12.3. The topological polar surface area (TPSA) is 113 Å². The minimum atomic E-state index is -0.570. The Balaban J connectivity index is 1.29. The van der Waals surface area contributed by atoms with Gasteiger partial charge >= 0.3 is 6.09 Å². The van der Waals surface area contributed by atoms with E-state index >= 15 is 0 Å². The molecule has 1 aliphatic heterocycles. The van der Waals surface area contributed by atoms with Gasteiger partial charge in [0.2, 0.25) is 0 Å². The van der Waals surface area contributed by atoms with Crippen LogP contribution in [0, 0.1) is 0 Å². The molecule has 3 aromatic heterocycles. The first-order valence-electron chi connectivity index (χ1n) is 15.3. The molecule has 2 aromatic carbocycles. The smallest absolute Gasteiger partial charge is 0.410 e. The number of rotatable bonds is 9. The maximum Gasteiger partial charge on any atom is 0.410 e. The SMILES string of the molecule is COc1ccc(Cn2nc(NC3CCN(C(=O)OC(C)(C)C)C3)c3c(Oc4ccn(Cc5ccccc5)c(=O)c4)ccnc32)cc1. The summed E-state index contributed by atoms with van der Waals surface area (Å²) in [6.45, 7) is 7.54. The number of methoxy groups -OCH3 is 1. The minimum absolute atomic E-state index is 0.0602. The van der Waals surface area contributed by atoms with E-state index in [4.69, 9.17) is 19.3 Å². The molecule has 5 aromatic rings. The molecule has 4 heterocycles. The van der Waals surface area contributed by atoms with Gasteiger partial charge in [0, 0.05) is 43.7 Å². The fraction of sp³-hybridized carbons (Fsp3) is 0.314. The Morgan fingerprint density at radius 3 is 2.46 bits per heavy atom. The molecule has 6 rings (SSSR count). The van der Waals surface area contributed by atoms with Crippen LogP contribution < -0.4 is 20.3 Å². The number of amides is 1. The number of nitrogens with one attached hydrogen (secondary N) is 1. The van der Waals surface area contributed by atoms with E-state index < -0.39 is 5.60 Å². The molecule has 0 saturated carbocycles. The van der Waals surface area contributed by atoms with Crippen LogP contribution in [0.15, 0.2) is 90.0 Å². The van der Waals surface area contributed by atoms with Crippen molar-refractivity contribution >= 4 is 22.9 Å². The lowest BCUT2D eigenvalue weighted by Crippen LogP contribution is -2.36. The summed E-state index contributed by atoms with van der Waals surface area (Å²) in [5.41, 5.74) is 1.93. The number of likely N-dealkylation sites (tertiary alicyclic amines) is 1. The maximum absolute atomic E-state index is 13.0. The third kappa shape index (κ3) is 7.14. The number of nitrogens with zero attached hydrogens (tertiary/aromatic N) is 5. The molecule has 1 fully saturated rings. The Hall–Kier alpha value is -5.32. The van der Waals surface area contributed by atoms with Gasteiger partial charge in [0.1, 0.15) is 28.2 Å². The lowest BCUT2D eigenvalue weighted by molar-refractivity contribution is 0.0293. The van der Waals surface area contributed by atoms with E-state index in [0.717, 1.165) is 23.3 Å². The summed E-state index contributed by atoms with van der Waals surface area (Å²) < 4.78 is 20.7. The van der Waals surface area contributed by atoms with E-state index in [1.54, 1.807) is 41.1 Å². The Labute approximate surface area is 267 Å². The molecular formula is C35H38N6O5. The molecule has 0 radical (unpaired) electrons. The highest BCUT2D eigenvalue weighted by Gasteiger charge is 2.31. The molecule has 1 N–H and O–H groups in total. The summed E-state index contributed by atoms with van der Waals surface area (Å²) in [5.74, 6) is 2.27. The Bertz CT molecular complexity index is 1880. The number of aromatic nitrogens is 4. The van der Waals surface area contributed by atoms with Gasteiger partial charge in [-0.3, -0.25) is 4.79 Å². The summed E-state index contributed by atoms with van der Waals surface area (Å²) >= 11 is 0. The second kappa shape index (κ2) is 13.0. The molecule has 1 saturated heterocycles. The van der Waals surface area contributed by atoms with Gasteiger partial charge in [-0.25, -0.2) is 14.5 Å². The van der Waals surface area contributed by atoms with Crippen LogP contribution in [-0.2, 0) is 17.8 Å². The first-order valence-corrected chi connectivity index (χ1v) is 15.3. The minimum Gasteiger partial charge on any atom is -0.497 e. The largest absolute Gasteiger partial charge is 0.497 e. The van der Waals surface area contributed by atoms with Gasteiger partial charge in [-0.05, 0) is 56.5 Å². The van der Waals surface area contributed by atoms with Crippen molar-refractivity contribution in [2.75, 3.05) is 25.5 Å². The number of hydrogen-bond donors (Lipinski definition) is 1.